The Kier molecular flexibility index (Phi) is 5.20. The maximum Gasteiger partial charge on any atom is 0.258 e. The second-order valence-electron chi connectivity index (χ2n) is 4.13. The van der Waals surface area contributed by atoms with Crippen molar-refractivity contribution in [3.63, 3.8) is 0 Å². The predicted octanol–water partition coefficient (Wildman–Crippen LogP) is 4.89. The molecule has 0 unspecified atom stereocenters. The molecule has 2 aromatic carbocycles. The fraction of sp³-hybridized carbons (Fsp3) is 0.133. The molecule has 0 atom stereocenters. The van der Waals surface area contributed by atoms with E-state index < -0.39 is 11.7 Å². The van der Waals surface area contributed by atoms with Gasteiger partial charge in [-0.2, -0.15) is 0 Å². The van der Waals surface area contributed by atoms with Crippen LogP contribution in [-0.4, -0.2) is 12.5 Å². The SMILES string of the molecule is CCOc1ccc(NC(=O)c2cccc(Br)c2F)cc1Cl. The number of ether oxygens (including phenoxy) is 1. The van der Waals surface area contributed by atoms with E-state index in [0.717, 1.165) is 0 Å². The molecular formula is C15H12BrClFNO2. The fourth-order valence-corrected chi connectivity index (χ4v) is 2.33. The summed E-state index contributed by atoms with van der Waals surface area (Å²) < 4.78 is 19.4. The number of carbonyl (C=O) groups is 1. The molecule has 1 N–H and O–H groups in total. The number of hydrogen-bond donors (Lipinski definition) is 1. The molecule has 0 saturated heterocycles. The molecule has 0 spiro atoms. The molecule has 0 aliphatic rings. The Morgan fingerprint density at radius 3 is 2.81 bits per heavy atom. The van der Waals surface area contributed by atoms with Crippen LogP contribution < -0.4 is 10.1 Å². The zero-order chi connectivity index (χ0) is 15.4. The Labute approximate surface area is 135 Å². The number of nitrogens with one attached hydrogen (secondary N) is 1. The molecule has 3 nitrogen and oxygen atoms in total. The van der Waals surface area contributed by atoms with Gasteiger partial charge in [-0.3, -0.25) is 4.79 Å². The number of halogens is 3. The van der Waals surface area contributed by atoms with Crippen LogP contribution in [0.25, 0.3) is 0 Å². The van der Waals surface area contributed by atoms with Crippen molar-refractivity contribution in [2.75, 3.05) is 11.9 Å². The lowest BCUT2D eigenvalue weighted by atomic mass is 10.2. The van der Waals surface area contributed by atoms with E-state index in [-0.39, 0.29) is 10.0 Å². The summed E-state index contributed by atoms with van der Waals surface area (Å²) in [4.78, 5) is 12.1. The zero-order valence-corrected chi connectivity index (χ0v) is 13.5. The quantitative estimate of drug-likeness (QED) is 0.829. The number of anilines is 1. The van der Waals surface area contributed by atoms with Gasteiger partial charge in [-0.15, -0.1) is 0 Å². The highest BCUT2D eigenvalue weighted by Gasteiger charge is 2.14. The van der Waals surface area contributed by atoms with Gasteiger partial charge in [0.1, 0.15) is 11.6 Å². The van der Waals surface area contributed by atoms with Crippen molar-refractivity contribution in [3.8, 4) is 5.75 Å². The second-order valence-corrected chi connectivity index (χ2v) is 5.40. The molecule has 0 fully saturated rings. The molecular weight excluding hydrogens is 361 g/mol. The zero-order valence-electron chi connectivity index (χ0n) is 11.1. The third kappa shape index (κ3) is 3.74. The van der Waals surface area contributed by atoms with Crippen LogP contribution >= 0.6 is 27.5 Å². The van der Waals surface area contributed by atoms with Crippen LogP contribution in [0.5, 0.6) is 5.75 Å². The molecule has 0 aromatic heterocycles. The van der Waals surface area contributed by atoms with Gasteiger partial charge < -0.3 is 10.1 Å². The first kappa shape index (κ1) is 15.8. The summed E-state index contributed by atoms with van der Waals surface area (Å²) in [5.74, 6) is -0.619. The molecule has 6 heteroatoms. The smallest absolute Gasteiger partial charge is 0.258 e. The van der Waals surface area contributed by atoms with Crippen molar-refractivity contribution in [2.24, 2.45) is 0 Å². The van der Waals surface area contributed by atoms with Crippen molar-refractivity contribution in [1.29, 1.82) is 0 Å². The van der Waals surface area contributed by atoms with Gasteiger partial charge in [0.25, 0.3) is 5.91 Å². The number of benzene rings is 2. The van der Waals surface area contributed by atoms with Gasteiger partial charge in [0, 0.05) is 5.69 Å². The van der Waals surface area contributed by atoms with Crippen LogP contribution in [0.3, 0.4) is 0 Å². The van der Waals surface area contributed by atoms with Gasteiger partial charge in [-0.25, -0.2) is 4.39 Å². The summed E-state index contributed by atoms with van der Waals surface area (Å²) in [6.07, 6.45) is 0. The van der Waals surface area contributed by atoms with Crippen LogP contribution in [0, 0.1) is 5.82 Å². The lowest BCUT2D eigenvalue weighted by Crippen LogP contribution is -2.14. The average molecular weight is 373 g/mol. The maximum atomic E-state index is 13.8. The standard InChI is InChI=1S/C15H12BrClFNO2/c1-2-21-13-7-6-9(8-12(13)17)19-15(20)10-4-3-5-11(16)14(10)18/h3-8H,2H2,1H3,(H,19,20). The minimum atomic E-state index is -0.605. The minimum absolute atomic E-state index is 0.0469. The van der Waals surface area contributed by atoms with Crippen molar-refractivity contribution in [2.45, 2.75) is 6.92 Å². The minimum Gasteiger partial charge on any atom is -0.492 e. The topological polar surface area (TPSA) is 38.3 Å². The Morgan fingerprint density at radius 2 is 2.14 bits per heavy atom. The van der Waals surface area contributed by atoms with Gasteiger partial charge in [0.05, 0.1) is 21.7 Å². The van der Waals surface area contributed by atoms with E-state index in [9.17, 15) is 9.18 Å². The van der Waals surface area contributed by atoms with Gasteiger partial charge in [0.15, 0.2) is 0 Å². The molecule has 1 amide bonds. The molecule has 0 bridgehead atoms. The first-order valence-corrected chi connectivity index (χ1v) is 7.37. The van der Waals surface area contributed by atoms with E-state index in [0.29, 0.717) is 23.1 Å². The van der Waals surface area contributed by atoms with Crippen LogP contribution in [0.15, 0.2) is 40.9 Å². The van der Waals surface area contributed by atoms with Gasteiger partial charge >= 0.3 is 0 Å². The third-order valence-electron chi connectivity index (χ3n) is 2.69. The molecule has 0 aliphatic heterocycles. The van der Waals surface area contributed by atoms with E-state index >= 15 is 0 Å². The van der Waals surface area contributed by atoms with Crippen LogP contribution in [0.1, 0.15) is 17.3 Å². The van der Waals surface area contributed by atoms with Crippen LogP contribution in [-0.2, 0) is 0 Å². The van der Waals surface area contributed by atoms with Crippen molar-refractivity contribution < 1.29 is 13.9 Å². The van der Waals surface area contributed by atoms with Gasteiger partial charge in [-0.1, -0.05) is 17.7 Å². The first-order chi connectivity index (χ1) is 10.0. The maximum absolute atomic E-state index is 13.8. The highest BCUT2D eigenvalue weighted by atomic mass is 79.9. The number of carbonyl (C=O) groups excluding carboxylic acids is 1. The Hall–Kier alpha value is -1.59. The molecule has 2 aromatic rings. The van der Waals surface area contributed by atoms with Crippen molar-refractivity contribution >= 4 is 39.1 Å². The summed E-state index contributed by atoms with van der Waals surface area (Å²) in [7, 11) is 0. The molecule has 2 rings (SSSR count). The summed E-state index contributed by atoms with van der Waals surface area (Å²) >= 11 is 9.08. The van der Waals surface area contributed by atoms with E-state index in [2.05, 4.69) is 21.2 Å². The first-order valence-electron chi connectivity index (χ1n) is 6.20. The normalized spacial score (nSPS) is 10.3. The summed E-state index contributed by atoms with van der Waals surface area (Å²) in [6, 6.07) is 9.38. The van der Waals surface area contributed by atoms with Crippen LogP contribution in [0.2, 0.25) is 5.02 Å². The molecule has 0 radical (unpaired) electrons. The van der Waals surface area contributed by atoms with Crippen molar-refractivity contribution in [3.05, 3.63) is 57.3 Å². The average Bonchev–Trinajstić information content (AvgIpc) is 2.45. The Morgan fingerprint density at radius 1 is 1.38 bits per heavy atom. The largest absolute Gasteiger partial charge is 0.492 e. The number of hydrogen-bond acceptors (Lipinski definition) is 2. The number of amides is 1. The lowest BCUT2D eigenvalue weighted by molar-refractivity contribution is 0.102. The van der Waals surface area contributed by atoms with E-state index in [4.69, 9.17) is 16.3 Å². The second kappa shape index (κ2) is 6.91. The Bertz CT molecular complexity index is 679. The van der Waals surface area contributed by atoms with E-state index in [1.807, 2.05) is 6.92 Å². The molecule has 110 valence electrons. The highest BCUT2D eigenvalue weighted by Crippen LogP contribution is 2.28. The van der Waals surface area contributed by atoms with E-state index in [1.165, 1.54) is 12.1 Å². The third-order valence-corrected chi connectivity index (χ3v) is 3.59. The molecule has 21 heavy (non-hydrogen) atoms. The molecule has 0 saturated carbocycles. The highest BCUT2D eigenvalue weighted by molar-refractivity contribution is 9.10. The monoisotopic (exact) mass is 371 g/mol. The van der Waals surface area contributed by atoms with Gasteiger partial charge in [-0.05, 0) is 53.2 Å². The molecule has 0 aliphatic carbocycles. The van der Waals surface area contributed by atoms with Crippen molar-refractivity contribution in [1.82, 2.24) is 0 Å². The molecule has 0 heterocycles. The summed E-state index contributed by atoms with van der Waals surface area (Å²) in [5, 5.41) is 2.98. The summed E-state index contributed by atoms with van der Waals surface area (Å²) in [6.45, 7) is 2.34. The number of rotatable bonds is 4. The fourth-order valence-electron chi connectivity index (χ4n) is 1.73. The summed E-state index contributed by atoms with van der Waals surface area (Å²) in [5.41, 5.74) is 0.419. The predicted molar refractivity (Wildman–Crippen MR) is 84.7 cm³/mol. The van der Waals surface area contributed by atoms with Crippen LogP contribution in [0.4, 0.5) is 10.1 Å². The van der Waals surface area contributed by atoms with E-state index in [1.54, 1.807) is 24.3 Å². The van der Waals surface area contributed by atoms with Gasteiger partial charge in [0.2, 0.25) is 0 Å². The lowest BCUT2D eigenvalue weighted by Gasteiger charge is -2.10. The Balaban J connectivity index is 2.20.